The third-order valence-electron chi connectivity index (χ3n) is 5.81. The molecule has 0 aliphatic rings. The summed E-state index contributed by atoms with van der Waals surface area (Å²) in [4.78, 5) is 5.03. The van der Waals surface area contributed by atoms with E-state index in [1.165, 1.54) is 40.8 Å². The summed E-state index contributed by atoms with van der Waals surface area (Å²) in [5, 5.41) is 0. The summed E-state index contributed by atoms with van der Waals surface area (Å²) in [7, 11) is 0. The molecular weight excluding hydrogens is 345 g/mol. The minimum atomic E-state index is -1.35. The van der Waals surface area contributed by atoms with Gasteiger partial charge >= 0.3 is 0 Å². The first kappa shape index (κ1) is 22.3. The van der Waals surface area contributed by atoms with Crippen LogP contribution in [0.3, 0.4) is 0 Å². The van der Waals surface area contributed by atoms with Gasteiger partial charge in [-0.3, -0.25) is 4.99 Å². The van der Waals surface area contributed by atoms with Crippen molar-refractivity contribution in [2.24, 2.45) is 10.9 Å². The van der Waals surface area contributed by atoms with Crippen LogP contribution < -0.4 is 0 Å². The molecule has 152 valence electrons. The van der Waals surface area contributed by atoms with Gasteiger partial charge in [0, 0.05) is 5.71 Å². The van der Waals surface area contributed by atoms with Gasteiger partial charge in [-0.15, -0.1) is 0 Å². The number of nitrogens with zero attached hydrogens (tertiary/aromatic N) is 1. The van der Waals surface area contributed by atoms with E-state index in [4.69, 9.17) is 4.99 Å². The zero-order valence-electron chi connectivity index (χ0n) is 18.9. The van der Waals surface area contributed by atoms with Crippen LogP contribution in [0.25, 0.3) is 11.1 Å². The van der Waals surface area contributed by atoms with Crippen molar-refractivity contribution in [3.05, 3.63) is 52.6 Å². The van der Waals surface area contributed by atoms with Crippen LogP contribution in [0.4, 0.5) is 10.1 Å². The van der Waals surface area contributed by atoms with Crippen molar-refractivity contribution in [1.82, 2.24) is 0 Å². The Morgan fingerprint density at radius 2 is 1.68 bits per heavy atom. The predicted octanol–water partition coefficient (Wildman–Crippen LogP) is 8.40. The molecule has 0 saturated carbocycles. The highest BCUT2D eigenvalue weighted by atomic mass is 19.1. The number of halogens is 1. The molecule has 2 rings (SSSR count). The molecule has 2 aromatic rings. The summed E-state index contributed by atoms with van der Waals surface area (Å²) in [6, 6.07) is 10.1. The van der Waals surface area contributed by atoms with Gasteiger partial charge in [0.05, 0.1) is 5.69 Å². The van der Waals surface area contributed by atoms with Crippen molar-refractivity contribution >= 4 is 11.4 Å². The normalized spacial score (nSPS) is 12.7. The van der Waals surface area contributed by atoms with Crippen molar-refractivity contribution in [3.8, 4) is 11.1 Å². The molecule has 0 aliphatic carbocycles. The summed E-state index contributed by atoms with van der Waals surface area (Å²) in [6.45, 7) is 16.3. The maximum absolute atomic E-state index is 14.5. The highest BCUT2D eigenvalue weighted by Crippen LogP contribution is 2.38. The lowest BCUT2D eigenvalue weighted by Gasteiger charge is -2.19. The third-order valence-corrected chi connectivity index (χ3v) is 5.81. The Morgan fingerprint density at radius 3 is 2.25 bits per heavy atom. The number of aliphatic imine (C=N–C) groups is 1. The molecule has 0 bridgehead atoms. The first-order chi connectivity index (χ1) is 13.1. The lowest BCUT2D eigenvalue weighted by Crippen LogP contribution is -2.08. The molecule has 2 heteroatoms. The lowest BCUT2D eigenvalue weighted by atomic mass is 9.89. The molecule has 0 amide bonds. The standard InChI is InChI=1S/C26H36FN/c1-9-21(10-2)15-19(5)28-25-18(4)14-17(3)24(20(25)6)22-12-11-13-23(16-22)26(7,8)27/h11-14,16,21H,9-10,15H2,1-8H3. The van der Waals surface area contributed by atoms with Crippen LogP contribution >= 0.6 is 0 Å². The summed E-state index contributed by atoms with van der Waals surface area (Å²) in [5.41, 5.74) is 7.43. The number of alkyl halides is 1. The van der Waals surface area contributed by atoms with E-state index >= 15 is 0 Å². The number of benzene rings is 2. The topological polar surface area (TPSA) is 12.4 Å². The van der Waals surface area contributed by atoms with Crippen molar-refractivity contribution in [1.29, 1.82) is 0 Å². The fraction of sp³-hybridized carbons (Fsp3) is 0.500. The molecule has 0 radical (unpaired) electrons. The summed E-state index contributed by atoms with van der Waals surface area (Å²) < 4.78 is 14.5. The van der Waals surface area contributed by atoms with Gasteiger partial charge in [0.15, 0.2) is 0 Å². The van der Waals surface area contributed by atoms with Crippen LogP contribution in [0.2, 0.25) is 0 Å². The van der Waals surface area contributed by atoms with Gasteiger partial charge < -0.3 is 0 Å². The van der Waals surface area contributed by atoms with Gasteiger partial charge in [-0.1, -0.05) is 51.0 Å². The van der Waals surface area contributed by atoms with Gasteiger partial charge in [-0.2, -0.15) is 0 Å². The maximum atomic E-state index is 14.5. The molecule has 0 aliphatic heterocycles. The summed E-state index contributed by atoms with van der Waals surface area (Å²) in [5.74, 6) is 0.692. The lowest BCUT2D eigenvalue weighted by molar-refractivity contribution is 0.221. The Kier molecular flexibility index (Phi) is 7.20. The first-order valence-corrected chi connectivity index (χ1v) is 10.5. The van der Waals surface area contributed by atoms with E-state index in [1.807, 2.05) is 18.2 Å². The van der Waals surface area contributed by atoms with Crippen molar-refractivity contribution in [2.75, 3.05) is 0 Å². The van der Waals surface area contributed by atoms with Gasteiger partial charge in [0.25, 0.3) is 0 Å². The molecule has 0 heterocycles. The smallest absolute Gasteiger partial charge is 0.130 e. The average Bonchev–Trinajstić information content (AvgIpc) is 2.62. The second-order valence-corrected chi connectivity index (χ2v) is 8.65. The number of aryl methyl sites for hydroxylation is 2. The molecule has 28 heavy (non-hydrogen) atoms. The Morgan fingerprint density at radius 1 is 1.04 bits per heavy atom. The van der Waals surface area contributed by atoms with E-state index in [9.17, 15) is 4.39 Å². The van der Waals surface area contributed by atoms with Crippen LogP contribution in [0.15, 0.2) is 35.3 Å². The third kappa shape index (κ3) is 5.10. The van der Waals surface area contributed by atoms with Crippen LogP contribution in [0, 0.1) is 26.7 Å². The van der Waals surface area contributed by atoms with Gasteiger partial charge in [0.2, 0.25) is 0 Å². The molecule has 0 spiro atoms. The minimum absolute atomic E-state index is 0.692. The highest BCUT2D eigenvalue weighted by Gasteiger charge is 2.20. The number of hydrogen-bond donors (Lipinski definition) is 0. The molecule has 0 unspecified atom stereocenters. The van der Waals surface area contributed by atoms with E-state index in [-0.39, 0.29) is 0 Å². The summed E-state index contributed by atoms with van der Waals surface area (Å²) >= 11 is 0. The van der Waals surface area contributed by atoms with E-state index in [0.717, 1.165) is 17.7 Å². The van der Waals surface area contributed by atoms with Crippen LogP contribution in [0.5, 0.6) is 0 Å². The molecular formula is C26H36FN. The monoisotopic (exact) mass is 381 g/mol. The van der Waals surface area contributed by atoms with Crippen LogP contribution in [0.1, 0.15) is 76.1 Å². The fourth-order valence-corrected chi connectivity index (χ4v) is 4.07. The van der Waals surface area contributed by atoms with Gasteiger partial charge in [-0.05, 0) is 93.3 Å². The molecule has 1 nitrogen and oxygen atoms in total. The molecule has 0 saturated heterocycles. The van der Waals surface area contributed by atoms with E-state index in [2.05, 4.69) is 53.7 Å². The van der Waals surface area contributed by atoms with Crippen molar-refractivity contribution in [2.45, 2.75) is 80.3 Å². The maximum Gasteiger partial charge on any atom is 0.130 e. The fourth-order valence-electron chi connectivity index (χ4n) is 4.07. The summed E-state index contributed by atoms with van der Waals surface area (Å²) in [6.07, 6.45) is 3.42. The second-order valence-electron chi connectivity index (χ2n) is 8.65. The Bertz CT molecular complexity index is 851. The van der Waals surface area contributed by atoms with E-state index in [0.29, 0.717) is 11.5 Å². The minimum Gasteiger partial charge on any atom is -0.258 e. The Balaban J connectivity index is 2.56. The second kappa shape index (κ2) is 9.03. The zero-order valence-corrected chi connectivity index (χ0v) is 18.9. The SMILES string of the molecule is CCC(CC)CC(C)=Nc1c(C)cc(C)c(-c2cccc(C(C)(C)F)c2)c1C. The van der Waals surface area contributed by atoms with Gasteiger partial charge in [0.1, 0.15) is 5.67 Å². The predicted molar refractivity (Wildman–Crippen MR) is 122 cm³/mol. The molecule has 0 N–H and O–H groups in total. The van der Waals surface area contributed by atoms with Crippen molar-refractivity contribution < 1.29 is 4.39 Å². The van der Waals surface area contributed by atoms with Crippen LogP contribution in [-0.2, 0) is 5.67 Å². The molecule has 2 aromatic carbocycles. The first-order valence-electron chi connectivity index (χ1n) is 10.5. The molecule has 0 aromatic heterocycles. The average molecular weight is 382 g/mol. The largest absolute Gasteiger partial charge is 0.258 e. The van der Waals surface area contributed by atoms with Crippen molar-refractivity contribution in [3.63, 3.8) is 0 Å². The highest BCUT2D eigenvalue weighted by molar-refractivity contribution is 5.87. The molecule has 0 fully saturated rings. The van der Waals surface area contributed by atoms with Crippen LogP contribution in [-0.4, -0.2) is 5.71 Å². The molecule has 0 atom stereocenters. The number of hydrogen-bond acceptors (Lipinski definition) is 1. The number of rotatable bonds is 7. The zero-order chi connectivity index (χ0) is 21.1. The Hall–Kier alpha value is -1.96. The van der Waals surface area contributed by atoms with Gasteiger partial charge in [-0.25, -0.2) is 4.39 Å². The Labute approximate surface area is 171 Å². The van der Waals surface area contributed by atoms with E-state index < -0.39 is 5.67 Å². The van der Waals surface area contributed by atoms with E-state index in [1.54, 1.807) is 13.8 Å². The quantitative estimate of drug-likeness (QED) is 0.427.